The van der Waals surface area contributed by atoms with Gasteiger partial charge in [-0.2, -0.15) is 5.26 Å². The Bertz CT molecular complexity index is 623. The van der Waals surface area contributed by atoms with Crippen LogP contribution in [0.15, 0.2) is 11.1 Å². The SMILES string of the molecule is CC(=O)OCC(CO)OC(C)=O.CCCCC(CCCC)=C(C#N)C(=O)OC(C)=O. The monoisotopic (exact) mass is 427 g/mol. The minimum atomic E-state index is -0.813. The van der Waals surface area contributed by atoms with Gasteiger partial charge in [0.15, 0.2) is 6.10 Å². The Morgan fingerprint density at radius 2 is 1.47 bits per heavy atom. The fourth-order valence-corrected chi connectivity index (χ4v) is 2.17. The van der Waals surface area contributed by atoms with Crippen molar-refractivity contribution in [3.63, 3.8) is 0 Å². The molecule has 0 rings (SSSR count). The van der Waals surface area contributed by atoms with E-state index in [0.29, 0.717) is 12.8 Å². The molecule has 0 aromatic heterocycles. The molecule has 0 fully saturated rings. The summed E-state index contributed by atoms with van der Waals surface area (Å²) in [6, 6.07) is 1.88. The van der Waals surface area contributed by atoms with Crippen molar-refractivity contribution in [3.05, 3.63) is 11.1 Å². The van der Waals surface area contributed by atoms with Gasteiger partial charge in [0.2, 0.25) is 0 Å². The molecule has 30 heavy (non-hydrogen) atoms. The number of nitrogens with zero attached hydrogens (tertiary/aromatic N) is 1. The Balaban J connectivity index is 0. The fraction of sp³-hybridized carbons (Fsp3) is 0.667. The summed E-state index contributed by atoms with van der Waals surface area (Å²) in [7, 11) is 0. The van der Waals surface area contributed by atoms with Crippen molar-refractivity contribution in [2.24, 2.45) is 0 Å². The minimum absolute atomic E-state index is 0.00657. The largest absolute Gasteiger partial charge is 0.462 e. The van der Waals surface area contributed by atoms with E-state index < -0.39 is 30.0 Å². The number of aliphatic hydroxyl groups is 1. The van der Waals surface area contributed by atoms with Crippen LogP contribution < -0.4 is 0 Å². The summed E-state index contributed by atoms with van der Waals surface area (Å²) in [5.41, 5.74) is 0.819. The van der Waals surface area contributed by atoms with Crippen molar-refractivity contribution in [2.75, 3.05) is 13.2 Å². The van der Waals surface area contributed by atoms with Crippen LogP contribution in [0.3, 0.4) is 0 Å². The van der Waals surface area contributed by atoms with Crippen LogP contribution >= 0.6 is 0 Å². The standard InChI is InChI=1S/C14H21NO3.C7H12O5/c1-4-6-8-12(9-7-5-2)13(10-15)14(17)18-11(3)16;1-5(9)11-4-7(3-8)12-6(2)10/h4-9H2,1-3H3;7-8H,3-4H2,1-2H3. The highest BCUT2D eigenvalue weighted by molar-refractivity contribution is 5.99. The highest BCUT2D eigenvalue weighted by atomic mass is 16.6. The molecule has 9 nitrogen and oxygen atoms in total. The molecule has 0 aliphatic rings. The molecule has 0 heterocycles. The topological polar surface area (TPSA) is 140 Å². The van der Waals surface area contributed by atoms with E-state index in [4.69, 9.17) is 10.4 Å². The number of allylic oxidation sites excluding steroid dienone is 1. The molecule has 0 saturated carbocycles. The lowest BCUT2D eigenvalue weighted by atomic mass is 9.97. The summed E-state index contributed by atoms with van der Waals surface area (Å²) in [5.74, 6) is -2.48. The second-order valence-corrected chi connectivity index (χ2v) is 6.40. The number of carbonyl (C=O) groups is 4. The van der Waals surface area contributed by atoms with E-state index in [9.17, 15) is 19.2 Å². The third-order valence-electron chi connectivity index (χ3n) is 3.58. The molecular formula is C21H33NO8. The lowest BCUT2D eigenvalue weighted by Crippen LogP contribution is -2.26. The smallest absolute Gasteiger partial charge is 0.356 e. The third-order valence-corrected chi connectivity index (χ3v) is 3.58. The van der Waals surface area contributed by atoms with Gasteiger partial charge in [0.1, 0.15) is 18.2 Å². The summed E-state index contributed by atoms with van der Waals surface area (Å²) < 4.78 is 13.6. The molecule has 0 amide bonds. The van der Waals surface area contributed by atoms with E-state index >= 15 is 0 Å². The van der Waals surface area contributed by atoms with Gasteiger partial charge in [-0.25, -0.2) is 4.79 Å². The lowest BCUT2D eigenvalue weighted by molar-refractivity contribution is -0.158. The maximum absolute atomic E-state index is 11.6. The van der Waals surface area contributed by atoms with E-state index in [1.165, 1.54) is 13.8 Å². The highest BCUT2D eigenvalue weighted by Gasteiger charge is 2.18. The second-order valence-electron chi connectivity index (χ2n) is 6.40. The number of aliphatic hydroxyl groups excluding tert-OH is 1. The minimum Gasteiger partial charge on any atom is -0.462 e. The zero-order chi connectivity index (χ0) is 23.5. The number of rotatable bonds is 11. The fourth-order valence-electron chi connectivity index (χ4n) is 2.17. The first-order valence-electron chi connectivity index (χ1n) is 9.89. The molecule has 1 unspecified atom stereocenters. The molecule has 9 heteroatoms. The molecule has 0 aliphatic heterocycles. The molecule has 0 saturated heterocycles. The third kappa shape index (κ3) is 16.2. The highest BCUT2D eigenvalue weighted by Crippen LogP contribution is 2.20. The molecule has 0 bridgehead atoms. The van der Waals surface area contributed by atoms with Crippen molar-refractivity contribution in [3.8, 4) is 6.07 Å². The van der Waals surface area contributed by atoms with Crippen LogP contribution in [-0.4, -0.2) is 48.3 Å². The molecular weight excluding hydrogens is 394 g/mol. The van der Waals surface area contributed by atoms with E-state index in [1.807, 2.05) is 6.07 Å². The van der Waals surface area contributed by atoms with Crippen LogP contribution in [0.25, 0.3) is 0 Å². The average molecular weight is 427 g/mol. The molecule has 1 atom stereocenters. The molecule has 1 N–H and O–H groups in total. The number of hydrogen-bond donors (Lipinski definition) is 1. The summed E-state index contributed by atoms with van der Waals surface area (Å²) >= 11 is 0. The first-order valence-corrected chi connectivity index (χ1v) is 9.89. The van der Waals surface area contributed by atoms with Crippen LogP contribution in [0, 0.1) is 11.3 Å². The second kappa shape index (κ2) is 18.3. The average Bonchev–Trinajstić information content (AvgIpc) is 2.66. The van der Waals surface area contributed by atoms with Crippen molar-refractivity contribution in [1.29, 1.82) is 5.26 Å². The van der Waals surface area contributed by atoms with E-state index in [0.717, 1.165) is 38.2 Å². The van der Waals surface area contributed by atoms with Crippen molar-refractivity contribution < 1.29 is 38.5 Å². The summed E-state index contributed by atoms with van der Waals surface area (Å²) in [4.78, 5) is 43.1. The molecule has 0 aromatic rings. The Labute approximate surface area is 178 Å². The predicted octanol–water partition coefficient (Wildman–Crippen LogP) is 2.75. The first-order chi connectivity index (χ1) is 14.1. The summed E-state index contributed by atoms with van der Waals surface area (Å²) in [5, 5.41) is 17.7. The van der Waals surface area contributed by atoms with E-state index in [2.05, 4.69) is 28.1 Å². The molecule has 0 radical (unpaired) electrons. The molecule has 0 aromatic carbocycles. The van der Waals surface area contributed by atoms with Crippen LogP contribution in [0.4, 0.5) is 0 Å². The lowest BCUT2D eigenvalue weighted by Gasteiger charge is -2.13. The maximum Gasteiger partial charge on any atom is 0.356 e. The number of hydrogen-bond acceptors (Lipinski definition) is 9. The van der Waals surface area contributed by atoms with Gasteiger partial charge in [0.05, 0.1) is 6.61 Å². The summed E-state index contributed by atoms with van der Waals surface area (Å²) in [6.45, 7) is 7.26. The van der Waals surface area contributed by atoms with Gasteiger partial charge in [0.25, 0.3) is 0 Å². The quantitative estimate of drug-likeness (QED) is 0.173. The van der Waals surface area contributed by atoms with Crippen molar-refractivity contribution >= 4 is 23.9 Å². The molecule has 170 valence electrons. The Hall–Kier alpha value is -2.73. The van der Waals surface area contributed by atoms with Crippen LogP contribution in [-0.2, 0) is 33.4 Å². The van der Waals surface area contributed by atoms with Gasteiger partial charge in [-0.1, -0.05) is 26.7 Å². The van der Waals surface area contributed by atoms with Crippen molar-refractivity contribution in [1.82, 2.24) is 0 Å². The van der Waals surface area contributed by atoms with Crippen LogP contribution in [0.2, 0.25) is 0 Å². The summed E-state index contributed by atoms with van der Waals surface area (Å²) in [6.07, 6.45) is 4.52. The van der Waals surface area contributed by atoms with Gasteiger partial charge in [-0.15, -0.1) is 0 Å². The number of carbonyl (C=O) groups excluding carboxylic acids is 4. The zero-order valence-corrected chi connectivity index (χ0v) is 18.5. The maximum atomic E-state index is 11.6. The van der Waals surface area contributed by atoms with Gasteiger partial charge in [0, 0.05) is 20.8 Å². The van der Waals surface area contributed by atoms with Gasteiger partial charge in [-0.05, 0) is 31.3 Å². The molecule has 0 aliphatic carbocycles. The van der Waals surface area contributed by atoms with E-state index in [1.54, 1.807) is 0 Å². The van der Waals surface area contributed by atoms with Gasteiger partial charge >= 0.3 is 23.9 Å². The number of nitriles is 1. The van der Waals surface area contributed by atoms with Crippen molar-refractivity contribution in [2.45, 2.75) is 79.2 Å². The van der Waals surface area contributed by atoms with Crippen LogP contribution in [0.5, 0.6) is 0 Å². The Morgan fingerprint density at radius 3 is 1.80 bits per heavy atom. The molecule has 0 spiro atoms. The van der Waals surface area contributed by atoms with E-state index in [-0.39, 0.29) is 18.8 Å². The number of unbranched alkanes of at least 4 members (excludes halogenated alkanes) is 2. The Kier molecular flexibility index (Phi) is 18.0. The number of ether oxygens (including phenoxy) is 3. The van der Waals surface area contributed by atoms with Crippen LogP contribution in [0.1, 0.15) is 73.1 Å². The Morgan fingerprint density at radius 1 is 0.933 bits per heavy atom. The predicted molar refractivity (Wildman–Crippen MR) is 108 cm³/mol. The zero-order valence-electron chi connectivity index (χ0n) is 18.5. The van der Waals surface area contributed by atoms with Gasteiger partial charge in [-0.3, -0.25) is 14.4 Å². The number of esters is 4. The first kappa shape index (κ1) is 29.5. The normalized spacial score (nSPS) is 10.4. The van der Waals surface area contributed by atoms with Gasteiger partial charge < -0.3 is 19.3 Å².